The summed E-state index contributed by atoms with van der Waals surface area (Å²) in [5, 5.41) is 20.1. The number of nitro groups is 1. The van der Waals surface area contributed by atoms with Gasteiger partial charge in [0, 0.05) is 28.2 Å². The second kappa shape index (κ2) is 9.07. The van der Waals surface area contributed by atoms with Gasteiger partial charge in [-0.2, -0.15) is 18.4 Å². The van der Waals surface area contributed by atoms with Crippen molar-refractivity contribution >= 4 is 23.7 Å². The van der Waals surface area contributed by atoms with Crippen molar-refractivity contribution < 1.29 is 27.6 Å². The van der Waals surface area contributed by atoms with Crippen LogP contribution in [-0.4, -0.2) is 23.3 Å². The summed E-state index contributed by atoms with van der Waals surface area (Å²) in [6.45, 7) is 0. The van der Waals surface area contributed by atoms with Crippen LogP contribution < -0.4 is 4.74 Å². The van der Waals surface area contributed by atoms with Gasteiger partial charge in [0.2, 0.25) is 0 Å². The van der Waals surface area contributed by atoms with E-state index < -0.39 is 22.2 Å². The first-order chi connectivity index (χ1) is 15.2. The number of methoxy groups -OCH3 is 1. The van der Waals surface area contributed by atoms with E-state index >= 15 is 0 Å². The zero-order valence-corrected chi connectivity index (χ0v) is 17.0. The van der Waals surface area contributed by atoms with E-state index in [0.717, 1.165) is 18.2 Å². The van der Waals surface area contributed by atoms with Crippen LogP contribution in [-0.2, 0) is 6.18 Å². The van der Waals surface area contributed by atoms with Crippen LogP contribution in [0.25, 0.3) is 11.3 Å². The molecule has 0 radical (unpaired) electrons. The molecule has 162 valence electrons. The van der Waals surface area contributed by atoms with Crippen LogP contribution in [0.15, 0.2) is 58.5 Å². The number of alkyl halides is 3. The van der Waals surface area contributed by atoms with Crippen LogP contribution in [0.5, 0.6) is 5.75 Å². The SMILES string of the molecule is COc1ccc(-c2cc(C(F)(F)F)c(C#N)c(Sc3ccc([N+](=O)[O-])cc3C=O)n2)cc1. The van der Waals surface area contributed by atoms with E-state index in [-0.39, 0.29) is 26.9 Å². The van der Waals surface area contributed by atoms with E-state index in [0.29, 0.717) is 29.4 Å². The Kier molecular flexibility index (Phi) is 6.45. The number of carbonyl (C=O) groups is 1. The fourth-order valence-corrected chi connectivity index (χ4v) is 3.75. The summed E-state index contributed by atoms with van der Waals surface area (Å²) in [6.07, 6.45) is -4.49. The van der Waals surface area contributed by atoms with Gasteiger partial charge < -0.3 is 4.74 Å². The van der Waals surface area contributed by atoms with Crippen LogP contribution in [0.4, 0.5) is 18.9 Å². The molecule has 2 aromatic carbocycles. The number of hydrogen-bond acceptors (Lipinski definition) is 7. The number of ether oxygens (including phenoxy) is 1. The Morgan fingerprint density at radius 3 is 2.41 bits per heavy atom. The molecule has 0 bridgehead atoms. The third-order valence-corrected chi connectivity index (χ3v) is 5.41. The number of carbonyl (C=O) groups excluding carboxylic acids is 1. The van der Waals surface area contributed by atoms with Gasteiger partial charge in [0.25, 0.3) is 5.69 Å². The van der Waals surface area contributed by atoms with Crippen molar-refractivity contribution in [2.24, 2.45) is 0 Å². The molecule has 0 saturated carbocycles. The van der Waals surface area contributed by atoms with Gasteiger partial charge in [0.1, 0.15) is 16.8 Å². The molecule has 0 aliphatic carbocycles. The molecule has 0 atom stereocenters. The number of nitrogens with zero attached hydrogens (tertiary/aromatic N) is 3. The molecular formula is C21H12F3N3O4S. The molecule has 0 amide bonds. The van der Waals surface area contributed by atoms with Crippen LogP contribution >= 0.6 is 11.8 Å². The van der Waals surface area contributed by atoms with Crippen molar-refractivity contribution in [3.63, 3.8) is 0 Å². The third kappa shape index (κ3) is 4.70. The van der Waals surface area contributed by atoms with E-state index in [1.165, 1.54) is 31.4 Å². The highest BCUT2D eigenvalue weighted by atomic mass is 32.2. The average molecular weight is 459 g/mol. The van der Waals surface area contributed by atoms with Gasteiger partial charge in [-0.05, 0) is 36.4 Å². The van der Waals surface area contributed by atoms with Gasteiger partial charge in [-0.25, -0.2) is 4.98 Å². The average Bonchev–Trinajstić information content (AvgIpc) is 2.78. The van der Waals surface area contributed by atoms with Crippen molar-refractivity contribution in [3.8, 4) is 23.1 Å². The van der Waals surface area contributed by atoms with E-state index in [1.54, 1.807) is 12.1 Å². The Morgan fingerprint density at radius 1 is 1.19 bits per heavy atom. The number of rotatable bonds is 6. The smallest absolute Gasteiger partial charge is 0.417 e. The molecule has 0 fully saturated rings. The number of hydrogen-bond donors (Lipinski definition) is 0. The molecule has 1 heterocycles. The summed E-state index contributed by atoms with van der Waals surface area (Å²) < 4.78 is 46.2. The first-order valence-corrected chi connectivity index (χ1v) is 9.57. The zero-order valence-electron chi connectivity index (χ0n) is 16.2. The number of halogens is 3. The number of aldehydes is 1. The maximum absolute atomic E-state index is 13.7. The summed E-state index contributed by atoms with van der Waals surface area (Å²) in [4.78, 5) is 26.0. The Balaban J connectivity index is 2.19. The van der Waals surface area contributed by atoms with Gasteiger partial charge in [-0.1, -0.05) is 11.8 Å². The van der Waals surface area contributed by atoms with Gasteiger partial charge >= 0.3 is 6.18 Å². The molecular weight excluding hydrogens is 447 g/mol. The molecule has 11 heteroatoms. The lowest BCUT2D eigenvalue weighted by Crippen LogP contribution is -2.10. The van der Waals surface area contributed by atoms with Crippen LogP contribution in [0, 0.1) is 21.4 Å². The number of nitriles is 1. The molecule has 3 aromatic rings. The first-order valence-electron chi connectivity index (χ1n) is 8.76. The topological polar surface area (TPSA) is 106 Å². The minimum absolute atomic E-state index is 0.0453. The predicted molar refractivity (Wildman–Crippen MR) is 109 cm³/mol. The summed E-state index contributed by atoms with van der Waals surface area (Å²) >= 11 is 0.645. The fraction of sp³-hybridized carbons (Fsp3) is 0.0952. The quantitative estimate of drug-likeness (QED) is 0.271. The Labute approximate surface area is 183 Å². The second-order valence-corrected chi connectivity index (χ2v) is 7.30. The van der Waals surface area contributed by atoms with Crippen molar-refractivity contribution in [2.45, 2.75) is 16.1 Å². The van der Waals surface area contributed by atoms with Gasteiger partial charge in [-0.15, -0.1) is 0 Å². The number of non-ortho nitro benzene ring substituents is 1. The number of aromatic nitrogens is 1. The van der Waals surface area contributed by atoms with Crippen LogP contribution in [0.3, 0.4) is 0 Å². The molecule has 0 aliphatic rings. The Bertz CT molecular complexity index is 1240. The van der Waals surface area contributed by atoms with E-state index in [4.69, 9.17) is 4.74 Å². The molecule has 1 aromatic heterocycles. The molecule has 7 nitrogen and oxygen atoms in total. The number of benzene rings is 2. The predicted octanol–water partition coefficient (Wildman–Crippen LogP) is 5.52. The highest BCUT2D eigenvalue weighted by Gasteiger charge is 2.36. The van der Waals surface area contributed by atoms with Gasteiger partial charge in [0.15, 0.2) is 6.29 Å². The minimum Gasteiger partial charge on any atom is -0.497 e. The summed E-state index contributed by atoms with van der Waals surface area (Å²) in [6, 6.07) is 11.8. The van der Waals surface area contributed by atoms with E-state index in [1.807, 2.05) is 0 Å². The standard InChI is InChI=1S/C21H12F3N3O4S/c1-31-15-5-2-12(3-6-15)18-9-17(21(22,23)24)16(10-25)20(26-18)32-19-7-4-14(27(29)30)8-13(19)11-28/h2-9,11H,1H3. The molecule has 0 unspecified atom stereocenters. The maximum Gasteiger partial charge on any atom is 0.417 e. The molecule has 32 heavy (non-hydrogen) atoms. The Hall–Kier alpha value is -3.91. The van der Waals surface area contributed by atoms with Gasteiger partial charge in [0.05, 0.1) is 28.9 Å². The first kappa shape index (κ1) is 22.8. The van der Waals surface area contributed by atoms with Gasteiger partial charge in [-0.3, -0.25) is 14.9 Å². The normalized spacial score (nSPS) is 11.0. The lowest BCUT2D eigenvalue weighted by Gasteiger charge is -2.15. The molecule has 0 spiro atoms. The lowest BCUT2D eigenvalue weighted by molar-refractivity contribution is -0.384. The van der Waals surface area contributed by atoms with Crippen molar-refractivity contribution in [1.29, 1.82) is 5.26 Å². The highest BCUT2D eigenvalue weighted by Crippen LogP contribution is 2.40. The molecule has 0 aliphatic heterocycles. The second-order valence-electron chi connectivity index (χ2n) is 6.27. The summed E-state index contributed by atoms with van der Waals surface area (Å²) in [5.74, 6) is 0.495. The molecule has 0 saturated heterocycles. The minimum atomic E-state index is -4.84. The van der Waals surface area contributed by atoms with E-state index in [9.17, 15) is 33.3 Å². The number of pyridine rings is 1. The van der Waals surface area contributed by atoms with Crippen molar-refractivity contribution in [2.75, 3.05) is 7.11 Å². The summed E-state index contributed by atoms with van der Waals surface area (Å²) in [5.41, 5.74) is -2.06. The highest BCUT2D eigenvalue weighted by molar-refractivity contribution is 7.99. The fourth-order valence-electron chi connectivity index (χ4n) is 2.78. The lowest BCUT2D eigenvalue weighted by atomic mass is 10.1. The zero-order chi connectivity index (χ0) is 23.5. The van der Waals surface area contributed by atoms with Crippen LogP contribution in [0.1, 0.15) is 21.5 Å². The largest absolute Gasteiger partial charge is 0.497 e. The van der Waals surface area contributed by atoms with Crippen molar-refractivity contribution in [1.82, 2.24) is 4.98 Å². The van der Waals surface area contributed by atoms with Crippen molar-refractivity contribution in [3.05, 3.63) is 75.3 Å². The summed E-state index contributed by atoms with van der Waals surface area (Å²) in [7, 11) is 1.44. The monoisotopic (exact) mass is 459 g/mol. The molecule has 0 N–H and O–H groups in total. The van der Waals surface area contributed by atoms with Crippen LogP contribution in [0.2, 0.25) is 0 Å². The number of nitro benzene ring substituents is 1. The van der Waals surface area contributed by atoms with E-state index in [2.05, 4.69) is 4.98 Å². The molecule has 3 rings (SSSR count). The maximum atomic E-state index is 13.7. The Morgan fingerprint density at radius 2 is 1.88 bits per heavy atom. The third-order valence-electron chi connectivity index (χ3n) is 4.33.